The lowest BCUT2D eigenvalue weighted by molar-refractivity contribution is -0.134. The second kappa shape index (κ2) is 6.28. The first kappa shape index (κ1) is 16.5. The Labute approximate surface area is 145 Å². The summed E-state index contributed by atoms with van der Waals surface area (Å²) in [6, 6.07) is 8.58. The average Bonchev–Trinajstić information content (AvgIpc) is 2.84. The molecule has 2 aromatic rings. The van der Waals surface area contributed by atoms with Crippen molar-refractivity contribution in [3.63, 3.8) is 0 Å². The van der Waals surface area contributed by atoms with Crippen LogP contribution >= 0.6 is 12.6 Å². The number of imide groups is 1. The van der Waals surface area contributed by atoms with Crippen LogP contribution in [0, 0.1) is 0 Å². The van der Waals surface area contributed by atoms with E-state index in [0.29, 0.717) is 16.9 Å². The maximum absolute atomic E-state index is 12.8. The third kappa shape index (κ3) is 2.47. The van der Waals surface area contributed by atoms with Crippen LogP contribution < -0.4 is 10.2 Å². The Morgan fingerprint density at radius 2 is 1.92 bits per heavy atom. The molecule has 124 valence electrons. The van der Waals surface area contributed by atoms with Crippen LogP contribution in [0.5, 0.6) is 0 Å². The van der Waals surface area contributed by atoms with Crippen molar-refractivity contribution in [1.82, 2.24) is 5.32 Å². The zero-order chi connectivity index (χ0) is 17.4. The smallest absolute Gasteiger partial charge is 0.259 e. The molecule has 1 fully saturated rings. The molecule has 0 aliphatic carbocycles. The van der Waals surface area contributed by atoms with E-state index in [1.165, 1.54) is 4.90 Å². The van der Waals surface area contributed by atoms with Crippen LogP contribution in [0.25, 0.3) is 10.8 Å². The Morgan fingerprint density at radius 3 is 2.62 bits per heavy atom. The Bertz CT molecular complexity index is 863. The highest BCUT2D eigenvalue weighted by molar-refractivity contribution is 7.80. The van der Waals surface area contributed by atoms with Crippen LogP contribution in [0.15, 0.2) is 35.2 Å². The summed E-state index contributed by atoms with van der Waals surface area (Å²) in [7, 11) is 0. The van der Waals surface area contributed by atoms with Gasteiger partial charge in [0.05, 0.1) is 11.3 Å². The summed E-state index contributed by atoms with van der Waals surface area (Å²) in [5, 5.41) is 4.07. The quantitative estimate of drug-likeness (QED) is 0.618. The third-order valence-corrected chi connectivity index (χ3v) is 4.43. The van der Waals surface area contributed by atoms with Crippen molar-refractivity contribution in [2.24, 2.45) is 0 Å². The van der Waals surface area contributed by atoms with Gasteiger partial charge >= 0.3 is 0 Å². The zero-order valence-electron chi connectivity index (χ0n) is 13.5. The van der Waals surface area contributed by atoms with Gasteiger partial charge in [-0.15, -0.1) is 12.6 Å². The van der Waals surface area contributed by atoms with Gasteiger partial charge in [-0.2, -0.15) is 0 Å². The molecule has 0 bridgehead atoms. The minimum absolute atomic E-state index is 0.211. The van der Waals surface area contributed by atoms with E-state index in [4.69, 9.17) is 0 Å². The van der Waals surface area contributed by atoms with Crippen molar-refractivity contribution in [1.29, 1.82) is 0 Å². The van der Waals surface area contributed by atoms with Gasteiger partial charge in [0.25, 0.3) is 5.91 Å². The molecule has 0 radical (unpaired) electrons. The number of carbonyl (C=O) groups is 3. The van der Waals surface area contributed by atoms with E-state index in [1.807, 2.05) is 38.1 Å². The maximum atomic E-state index is 12.8. The Balaban J connectivity index is 0.000000815. The van der Waals surface area contributed by atoms with Crippen LogP contribution in [0.2, 0.25) is 0 Å². The number of anilines is 1. The first-order valence-corrected chi connectivity index (χ1v) is 8.44. The van der Waals surface area contributed by atoms with Gasteiger partial charge < -0.3 is 0 Å². The molecular formula is C18H18N2O3S. The fourth-order valence-electron chi connectivity index (χ4n) is 3.24. The van der Waals surface area contributed by atoms with E-state index in [0.717, 1.165) is 16.5 Å². The third-order valence-electron chi connectivity index (χ3n) is 4.17. The monoisotopic (exact) mass is 342 g/mol. The number of thiol groups is 1. The predicted molar refractivity (Wildman–Crippen MR) is 95.5 cm³/mol. The van der Waals surface area contributed by atoms with E-state index in [9.17, 15) is 14.4 Å². The number of nitrogens with zero attached hydrogens (tertiary/aromatic N) is 1. The summed E-state index contributed by atoms with van der Waals surface area (Å²) in [6.07, 6.45) is 0.582. The molecule has 1 N–H and O–H groups in total. The molecular weight excluding hydrogens is 324 g/mol. The highest BCUT2D eigenvalue weighted by atomic mass is 32.1. The van der Waals surface area contributed by atoms with Crippen LogP contribution in [-0.4, -0.2) is 23.8 Å². The van der Waals surface area contributed by atoms with Gasteiger partial charge in [0.15, 0.2) is 0 Å². The molecule has 2 aliphatic heterocycles. The normalized spacial score (nSPS) is 19.2. The van der Waals surface area contributed by atoms with Crippen molar-refractivity contribution in [2.45, 2.75) is 37.6 Å². The van der Waals surface area contributed by atoms with Gasteiger partial charge in [-0.3, -0.25) is 24.6 Å². The summed E-state index contributed by atoms with van der Waals surface area (Å²) < 4.78 is 0. The molecule has 1 unspecified atom stereocenters. The fourth-order valence-corrected chi connectivity index (χ4v) is 3.51. The second-order valence-corrected chi connectivity index (χ2v) is 6.03. The van der Waals surface area contributed by atoms with Crippen molar-refractivity contribution in [2.75, 3.05) is 4.90 Å². The molecule has 1 saturated heterocycles. The van der Waals surface area contributed by atoms with E-state index in [-0.39, 0.29) is 18.2 Å². The number of hydrogen-bond donors (Lipinski definition) is 2. The number of hydrogen-bond acceptors (Lipinski definition) is 4. The van der Waals surface area contributed by atoms with Gasteiger partial charge in [0, 0.05) is 16.7 Å². The second-order valence-electron chi connectivity index (χ2n) is 5.51. The van der Waals surface area contributed by atoms with Gasteiger partial charge in [0.2, 0.25) is 11.8 Å². The Hall–Kier alpha value is -2.34. The summed E-state index contributed by atoms with van der Waals surface area (Å²) in [4.78, 5) is 38.5. The number of benzene rings is 2. The lowest BCUT2D eigenvalue weighted by atomic mass is 10.0. The molecule has 1 atom stereocenters. The highest BCUT2D eigenvalue weighted by Crippen LogP contribution is 2.40. The van der Waals surface area contributed by atoms with Crippen molar-refractivity contribution in [3.8, 4) is 0 Å². The Kier molecular flexibility index (Phi) is 4.32. The fraction of sp³-hybridized carbons (Fsp3) is 0.278. The molecule has 2 aromatic carbocycles. The topological polar surface area (TPSA) is 66.5 Å². The maximum Gasteiger partial charge on any atom is 0.259 e. The lowest BCUT2D eigenvalue weighted by Gasteiger charge is -2.30. The van der Waals surface area contributed by atoms with Crippen LogP contribution in [0.4, 0.5) is 5.69 Å². The molecule has 6 heteroatoms. The number of nitrogens with one attached hydrogen (secondary N) is 1. The van der Waals surface area contributed by atoms with E-state index >= 15 is 0 Å². The molecule has 0 aromatic heterocycles. The minimum Gasteiger partial charge on any atom is -0.295 e. The summed E-state index contributed by atoms with van der Waals surface area (Å²) in [6.45, 7) is 4.00. The molecule has 3 amide bonds. The first-order chi connectivity index (χ1) is 11.6. The molecule has 0 spiro atoms. The van der Waals surface area contributed by atoms with Crippen molar-refractivity contribution in [3.05, 3.63) is 35.9 Å². The van der Waals surface area contributed by atoms with Crippen molar-refractivity contribution < 1.29 is 14.4 Å². The summed E-state index contributed by atoms with van der Waals surface area (Å²) in [5.41, 5.74) is 1.28. The predicted octanol–water partition coefficient (Wildman–Crippen LogP) is 2.92. The van der Waals surface area contributed by atoms with Gasteiger partial charge in [-0.1, -0.05) is 26.0 Å². The molecule has 2 heterocycles. The number of amides is 3. The molecule has 24 heavy (non-hydrogen) atoms. The van der Waals surface area contributed by atoms with Crippen LogP contribution in [0.1, 0.15) is 37.0 Å². The molecule has 2 aliphatic rings. The van der Waals surface area contributed by atoms with Crippen molar-refractivity contribution >= 4 is 46.8 Å². The standard InChI is InChI=1S/C16H12N2O3S.C2H6/c19-13-5-4-12(15(20)17-13)18-11-3-1-2-8-6-9(22)7-10(14(8)11)16(18)21;1-2/h1-3,6-7,12,22H,4-5H2,(H,17,19,20);1-2H3. The van der Waals surface area contributed by atoms with Gasteiger partial charge in [0.1, 0.15) is 6.04 Å². The average molecular weight is 342 g/mol. The highest BCUT2D eigenvalue weighted by Gasteiger charge is 2.40. The first-order valence-electron chi connectivity index (χ1n) is 7.99. The van der Waals surface area contributed by atoms with E-state index < -0.39 is 11.9 Å². The minimum atomic E-state index is -0.647. The Morgan fingerprint density at radius 1 is 1.17 bits per heavy atom. The number of piperidine rings is 1. The molecule has 4 rings (SSSR count). The van der Waals surface area contributed by atoms with Gasteiger partial charge in [-0.25, -0.2) is 0 Å². The molecule has 0 saturated carbocycles. The van der Waals surface area contributed by atoms with Crippen LogP contribution in [-0.2, 0) is 9.59 Å². The summed E-state index contributed by atoms with van der Waals surface area (Å²) >= 11 is 4.34. The lowest BCUT2D eigenvalue weighted by Crippen LogP contribution is -2.53. The van der Waals surface area contributed by atoms with Gasteiger partial charge in [-0.05, 0) is 30.0 Å². The molecule has 5 nitrogen and oxygen atoms in total. The van der Waals surface area contributed by atoms with E-state index in [2.05, 4.69) is 17.9 Å². The number of rotatable bonds is 1. The van der Waals surface area contributed by atoms with E-state index in [1.54, 1.807) is 6.07 Å². The SMILES string of the molecule is CC.O=C1CCC(N2C(=O)c3cc(S)cc4cccc2c34)C(=O)N1. The number of carbonyl (C=O) groups excluding carboxylic acids is 3. The zero-order valence-corrected chi connectivity index (χ0v) is 14.4. The van der Waals surface area contributed by atoms with Crippen LogP contribution in [0.3, 0.4) is 0 Å². The largest absolute Gasteiger partial charge is 0.295 e. The summed E-state index contributed by atoms with van der Waals surface area (Å²) in [5.74, 6) is -0.918.